The Morgan fingerprint density at radius 1 is 1.07 bits per heavy atom. The Morgan fingerprint density at radius 3 is 2.62 bits per heavy atom. The van der Waals surface area contributed by atoms with E-state index in [9.17, 15) is 13.6 Å². The monoisotopic (exact) mass is 410 g/mol. The molecule has 3 aromatic rings. The van der Waals surface area contributed by atoms with E-state index in [1.807, 2.05) is 12.1 Å². The highest BCUT2D eigenvalue weighted by Gasteiger charge is 2.20. The summed E-state index contributed by atoms with van der Waals surface area (Å²) in [5.41, 5.74) is 3.81. The Morgan fingerprint density at radius 2 is 1.86 bits per heavy atom. The standard InChI is InChI=1S/C23H20F2N2OS/c1-15-2-4-16(5-3-15)14-27-10-11-29-22-9-6-17(12-21(22)27)23(28)26-20-8-7-18(24)13-19(20)25/h2-9,12-13H,10-11,14H2,1H3,(H,26,28). The first kappa shape index (κ1) is 19.5. The van der Waals surface area contributed by atoms with Crippen LogP contribution >= 0.6 is 11.8 Å². The minimum Gasteiger partial charge on any atom is -0.365 e. The van der Waals surface area contributed by atoms with Crippen LogP contribution in [0.2, 0.25) is 0 Å². The summed E-state index contributed by atoms with van der Waals surface area (Å²) in [6.45, 7) is 3.69. The van der Waals surface area contributed by atoms with Crippen LogP contribution in [0.15, 0.2) is 65.6 Å². The van der Waals surface area contributed by atoms with Gasteiger partial charge in [0.15, 0.2) is 0 Å². The van der Waals surface area contributed by atoms with Crippen LogP contribution in [0.25, 0.3) is 0 Å². The van der Waals surface area contributed by atoms with Crippen molar-refractivity contribution in [3.8, 4) is 0 Å². The third-order valence-corrected chi connectivity index (χ3v) is 5.90. The normalized spacial score (nSPS) is 13.1. The van der Waals surface area contributed by atoms with Crippen LogP contribution in [-0.4, -0.2) is 18.2 Å². The number of nitrogens with one attached hydrogen (secondary N) is 1. The molecule has 0 aliphatic carbocycles. The second-order valence-electron chi connectivity index (χ2n) is 7.02. The highest BCUT2D eigenvalue weighted by molar-refractivity contribution is 7.99. The minimum absolute atomic E-state index is 0.0417. The maximum atomic E-state index is 13.9. The third kappa shape index (κ3) is 4.43. The molecule has 0 bridgehead atoms. The van der Waals surface area contributed by atoms with E-state index in [2.05, 4.69) is 41.4 Å². The molecule has 29 heavy (non-hydrogen) atoms. The van der Waals surface area contributed by atoms with Crippen molar-refractivity contribution in [2.45, 2.75) is 18.4 Å². The van der Waals surface area contributed by atoms with Crippen LogP contribution in [-0.2, 0) is 6.54 Å². The van der Waals surface area contributed by atoms with Crippen molar-refractivity contribution in [3.05, 3.63) is 89.0 Å². The average Bonchev–Trinajstić information content (AvgIpc) is 2.71. The highest BCUT2D eigenvalue weighted by atomic mass is 32.2. The summed E-state index contributed by atoms with van der Waals surface area (Å²) in [7, 11) is 0. The maximum Gasteiger partial charge on any atom is 0.255 e. The molecule has 0 radical (unpaired) electrons. The van der Waals surface area contributed by atoms with Crippen molar-refractivity contribution in [3.63, 3.8) is 0 Å². The number of carbonyl (C=O) groups is 1. The van der Waals surface area contributed by atoms with Crippen molar-refractivity contribution in [2.75, 3.05) is 22.5 Å². The molecule has 0 saturated carbocycles. The van der Waals surface area contributed by atoms with Gasteiger partial charge >= 0.3 is 0 Å². The van der Waals surface area contributed by atoms with Crippen LogP contribution in [0.1, 0.15) is 21.5 Å². The van der Waals surface area contributed by atoms with E-state index in [1.165, 1.54) is 17.2 Å². The van der Waals surface area contributed by atoms with Crippen molar-refractivity contribution in [2.24, 2.45) is 0 Å². The van der Waals surface area contributed by atoms with Gasteiger partial charge in [0, 0.05) is 35.4 Å². The molecule has 4 rings (SSSR count). The molecule has 0 aromatic heterocycles. The smallest absolute Gasteiger partial charge is 0.255 e. The molecule has 1 N–H and O–H groups in total. The van der Waals surface area contributed by atoms with Gasteiger partial charge in [-0.3, -0.25) is 4.79 Å². The summed E-state index contributed by atoms with van der Waals surface area (Å²) in [4.78, 5) is 16.0. The van der Waals surface area contributed by atoms with Gasteiger partial charge in [0.25, 0.3) is 5.91 Å². The summed E-state index contributed by atoms with van der Waals surface area (Å²) in [6.07, 6.45) is 0. The average molecular weight is 410 g/mol. The number of nitrogens with zero attached hydrogens (tertiary/aromatic N) is 1. The van der Waals surface area contributed by atoms with Gasteiger partial charge in [-0.05, 0) is 42.8 Å². The number of amides is 1. The quantitative estimate of drug-likeness (QED) is 0.604. The molecule has 3 nitrogen and oxygen atoms in total. The van der Waals surface area contributed by atoms with Crippen LogP contribution in [0, 0.1) is 18.6 Å². The Labute approximate surface area is 172 Å². The number of aryl methyl sites for hydroxylation is 1. The van der Waals surface area contributed by atoms with Gasteiger partial charge < -0.3 is 10.2 Å². The predicted molar refractivity (Wildman–Crippen MR) is 114 cm³/mol. The zero-order valence-electron chi connectivity index (χ0n) is 15.9. The van der Waals surface area contributed by atoms with Crippen molar-refractivity contribution in [1.82, 2.24) is 0 Å². The zero-order chi connectivity index (χ0) is 20.4. The second kappa shape index (κ2) is 8.25. The van der Waals surface area contributed by atoms with Crippen LogP contribution < -0.4 is 10.2 Å². The van der Waals surface area contributed by atoms with E-state index in [1.54, 1.807) is 17.8 Å². The van der Waals surface area contributed by atoms with Gasteiger partial charge in [-0.1, -0.05) is 29.8 Å². The summed E-state index contributed by atoms with van der Waals surface area (Å²) in [6, 6.07) is 17.0. The fourth-order valence-corrected chi connectivity index (χ4v) is 4.31. The number of halogens is 2. The largest absolute Gasteiger partial charge is 0.365 e. The summed E-state index contributed by atoms with van der Waals surface area (Å²) >= 11 is 1.76. The number of thioether (sulfide) groups is 1. The van der Waals surface area contributed by atoms with E-state index in [0.717, 1.165) is 41.6 Å². The lowest BCUT2D eigenvalue weighted by atomic mass is 10.1. The minimum atomic E-state index is -0.798. The summed E-state index contributed by atoms with van der Waals surface area (Å²) in [5.74, 6) is -0.930. The molecule has 148 valence electrons. The number of rotatable bonds is 4. The molecule has 0 spiro atoms. The lowest BCUT2D eigenvalue weighted by Gasteiger charge is -2.31. The molecule has 1 heterocycles. The van der Waals surface area contributed by atoms with E-state index in [4.69, 9.17) is 0 Å². The van der Waals surface area contributed by atoms with E-state index >= 15 is 0 Å². The first-order valence-electron chi connectivity index (χ1n) is 9.33. The van der Waals surface area contributed by atoms with Gasteiger partial charge in [-0.2, -0.15) is 0 Å². The lowest BCUT2D eigenvalue weighted by Crippen LogP contribution is -2.29. The molecule has 1 aliphatic rings. The molecular weight excluding hydrogens is 390 g/mol. The molecule has 0 unspecified atom stereocenters. The van der Waals surface area contributed by atoms with E-state index < -0.39 is 17.5 Å². The fourth-order valence-electron chi connectivity index (χ4n) is 3.28. The molecule has 6 heteroatoms. The molecule has 1 aliphatic heterocycles. The van der Waals surface area contributed by atoms with Crippen LogP contribution in [0.4, 0.5) is 20.2 Å². The molecular formula is C23H20F2N2OS. The van der Waals surface area contributed by atoms with Crippen molar-refractivity contribution < 1.29 is 13.6 Å². The highest BCUT2D eigenvalue weighted by Crippen LogP contribution is 2.36. The van der Waals surface area contributed by atoms with Gasteiger partial charge in [-0.15, -0.1) is 11.8 Å². The molecule has 0 fully saturated rings. The number of anilines is 2. The van der Waals surface area contributed by atoms with E-state index in [-0.39, 0.29) is 5.69 Å². The predicted octanol–water partition coefficient (Wildman–Crippen LogP) is 5.64. The third-order valence-electron chi connectivity index (χ3n) is 4.85. The second-order valence-corrected chi connectivity index (χ2v) is 8.15. The van der Waals surface area contributed by atoms with Gasteiger partial charge in [0.1, 0.15) is 11.6 Å². The van der Waals surface area contributed by atoms with Crippen molar-refractivity contribution in [1.29, 1.82) is 0 Å². The van der Waals surface area contributed by atoms with Crippen molar-refractivity contribution >= 4 is 29.0 Å². The zero-order valence-corrected chi connectivity index (χ0v) is 16.7. The lowest BCUT2D eigenvalue weighted by molar-refractivity contribution is 0.102. The number of carbonyl (C=O) groups excluding carboxylic acids is 1. The number of fused-ring (bicyclic) bond motifs is 1. The molecule has 0 saturated heterocycles. The number of hydrogen-bond donors (Lipinski definition) is 1. The molecule has 3 aromatic carbocycles. The first-order chi connectivity index (χ1) is 14.0. The van der Waals surface area contributed by atoms with Gasteiger partial charge in [0.05, 0.1) is 11.4 Å². The van der Waals surface area contributed by atoms with Gasteiger partial charge in [-0.25, -0.2) is 8.78 Å². The Hall–Kier alpha value is -2.86. The van der Waals surface area contributed by atoms with Crippen LogP contribution in [0.3, 0.4) is 0 Å². The number of benzene rings is 3. The fraction of sp³-hybridized carbons (Fsp3) is 0.174. The SMILES string of the molecule is Cc1ccc(CN2CCSc3ccc(C(=O)Nc4ccc(F)cc4F)cc32)cc1. The van der Waals surface area contributed by atoms with Gasteiger partial charge in [0.2, 0.25) is 0 Å². The Balaban J connectivity index is 1.57. The summed E-state index contributed by atoms with van der Waals surface area (Å²) < 4.78 is 26.9. The molecule has 1 amide bonds. The van der Waals surface area contributed by atoms with E-state index in [0.29, 0.717) is 5.56 Å². The summed E-state index contributed by atoms with van der Waals surface area (Å²) in [5, 5.41) is 2.53. The maximum absolute atomic E-state index is 13.9. The van der Waals surface area contributed by atoms with Crippen LogP contribution in [0.5, 0.6) is 0 Å². The topological polar surface area (TPSA) is 32.3 Å². The molecule has 0 atom stereocenters. The Kier molecular flexibility index (Phi) is 5.53. The Bertz CT molecular complexity index is 1050. The number of hydrogen-bond acceptors (Lipinski definition) is 3. The first-order valence-corrected chi connectivity index (χ1v) is 10.3.